The number of phenols is 1. The molecule has 0 saturated heterocycles. The van der Waals surface area contributed by atoms with Crippen molar-refractivity contribution in [2.24, 2.45) is 0 Å². The first-order chi connectivity index (χ1) is 12.3. The number of imidazole rings is 1. The second-order valence-electron chi connectivity index (χ2n) is 7.14. The van der Waals surface area contributed by atoms with E-state index in [9.17, 15) is 5.11 Å². The average molecular weight is 465 g/mol. The molecule has 8 heteroatoms. The molecule has 0 radical (unpaired) electrons. The van der Waals surface area contributed by atoms with Crippen molar-refractivity contribution < 1.29 is 9.84 Å². The fourth-order valence-electron chi connectivity index (χ4n) is 3.18. The Bertz CT molecular complexity index is 999. The van der Waals surface area contributed by atoms with Gasteiger partial charge in [-0.25, -0.2) is 9.97 Å². The summed E-state index contributed by atoms with van der Waals surface area (Å²) in [6.07, 6.45) is 0.818. The minimum atomic E-state index is -0.178. The van der Waals surface area contributed by atoms with E-state index < -0.39 is 0 Å². The number of rotatable bonds is 4. The number of aryl methyl sites for hydroxylation is 1. The highest BCUT2D eigenvalue weighted by Crippen LogP contribution is 2.36. The van der Waals surface area contributed by atoms with E-state index in [2.05, 4.69) is 56.7 Å². The Kier molecular flexibility index (Phi) is 4.17. The number of halogens is 1. The second kappa shape index (κ2) is 6.26. The van der Waals surface area contributed by atoms with Gasteiger partial charge in [-0.3, -0.25) is 4.57 Å². The first-order valence-corrected chi connectivity index (χ1v) is 9.55. The van der Waals surface area contributed by atoms with E-state index in [-0.39, 0.29) is 5.54 Å². The van der Waals surface area contributed by atoms with Gasteiger partial charge in [0.25, 0.3) is 6.01 Å². The zero-order valence-corrected chi connectivity index (χ0v) is 17.0. The van der Waals surface area contributed by atoms with Crippen LogP contribution in [-0.2, 0) is 12.0 Å². The summed E-state index contributed by atoms with van der Waals surface area (Å²) in [6.45, 7) is 7.42. The first-order valence-electron chi connectivity index (χ1n) is 8.47. The summed E-state index contributed by atoms with van der Waals surface area (Å²) in [5.41, 5.74) is 3.39. The van der Waals surface area contributed by atoms with Gasteiger partial charge in [0.1, 0.15) is 12.4 Å². The van der Waals surface area contributed by atoms with Gasteiger partial charge >= 0.3 is 0 Å². The summed E-state index contributed by atoms with van der Waals surface area (Å²) in [7, 11) is 0. The lowest BCUT2D eigenvalue weighted by molar-refractivity contribution is 0.268. The van der Waals surface area contributed by atoms with E-state index in [1.54, 1.807) is 6.07 Å². The Morgan fingerprint density at radius 2 is 2.12 bits per heavy atom. The van der Waals surface area contributed by atoms with E-state index in [1.807, 2.05) is 23.6 Å². The van der Waals surface area contributed by atoms with Crippen LogP contribution in [0.4, 0.5) is 5.82 Å². The molecule has 2 N–H and O–H groups in total. The monoisotopic (exact) mass is 465 g/mol. The zero-order chi connectivity index (χ0) is 18.5. The third-order valence-electron chi connectivity index (χ3n) is 4.58. The number of fused-ring (bicyclic) bond motifs is 3. The summed E-state index contributed by atoms with van der Waals surface area (Å²) < 4.78 is 8.43. The van der Waals surface area contributed by atoms with Crippen molar-refractivity contribution in [1.29, 1.82) is 0 Å². The SMILES string of the molecule is Cc1cc(CCNc2nc(I)nc3c2nc2n3C(C)(C)CO2)ccc1O. The van der Waals surface area contributed by atoms with Crippen LogP contribution < -0.4 is 10.1 Å². The molecule has 1 aliphatic rings. The van der Waals surface area contributed by atoms with Gasteiger partial charge in [-0.2, -0.15) is 4.98 Å². The Balaban J connectivity index is 1.60. The quantitative estimate of drug-likeness (QED) is 0.455. The average Bonchev–Trinajstić information content (AvgIpc) is 3.09. The number of aromatic hydroxyl groups is 1. The summed E-state index contributed by atoms with van der Waals surface area (Å²) in [5, 5.41) is 13.0. The van der Waals surface area contributed by atoms with Crippen molar-refractivity contribution in [3.8, 4) is 11.8 Å². The third-order valence-corrected chi connectivity index (χ3v) is 5.06. The molecule has 0 amide bonds. The predicted molar refractivity (Wildman–Crippen MR) is 108 cm³/mol. The first kappa shape index (κ1) is 17.3. The van der Waals surface area contributed by atoms with E-state index in [0.717, 1.165) is 34.5 Å². The van der Waals surface area contributed by atoms with Gasteiger partial charge in [0.05, 0.1) is 5.54 Å². The molecule has 0 atom stereocenters. The van der Waals surface area contributed by atoms with Crippen molar-refractivity contribution in [2.45, 2.75) is 32.7 Å². The van der Waals surface area contributed by atoms with Crippen LogP contribution in [0.1, 0.15) is 25.0 Å². The van der Waals surface area contributed by atoms with Crippen LogP contribution in [0.3, 0.4) is 0 Å². The van der Waals surface area contributed by atoms with E-state index in [0.29, 0.717) is 28.7 Å². The molecule has 1 aliphatic heterocycles. The number of nitrogens with zero attached hydrogens (tertiary/aromatic N) is 4. The molecule has 1 aromatic carbocycles. The molecule has 136 valence electrons. The maximum Gasteiger partial charge on any atom is 0.299 e. The minimum Gasteiger partial charge on any atom is -0.508 e. The number of hydrogen-bond donors (Lipinski definition) is 2. The summed E-state index contributed by atoms with van der Waals surface area (Å²) >= 11 is 2.13. The molecule has 26 heavy (non-hydrogen) atoms. The normalized spacial score (nSPS) is 15.1. The molecular weight excluding hydrogens is 445 g/mol. The number of phenolic OH excluding ortho intramolecular Hbond substituents is 1. The molecule has 4 rings (SSSR count). The molecule has 3 heterocycles. The molecule has 7 nitrogen and oxygen atoms in total. The Labute approximate surface area is 165 Å². The second-order valence-corrected chi connectivity index (χ2v) is 8.11. The molecular formula is C18H20IN5O2. The molecule has 0 fully saturated rings. The summed E-state index contributed by atoms with van der Waals surface area (Å²) in [5.74, 6) is 1.04. The Hall–Kier alpha value is -2.10. The van der Waals surface area contributed by atoms with Gasteiger partial charge in [-0.05, 0) is 44.4 Å². The Morgan fingerprint density at radius 1 is 1.31 bits per heavy atom. The number of ether oxygens (including phenoxy) is 1. The largest absolute Gasteiger partial charge is 0.508 e. The number of anilines is 1. The lowest BCUT2D eigenvalue weighted by atomic mass is 10.1. The van der Waals surface area contributed by atoms with Crippen LogP contribution in [0.15, 0.2) is 18.2 Å². The van der Waals surface area contributed by atoms with Crippen molar-refractivity contribution in [3.63, 3.8) is 0 Å². The van der Waals surface area contributed by atoms with Gasteiger partial charge in [-0.15, -0.1) is 0 Å². The summed E-state index contributed by atoms with van der Waals surface area (Å²) in [6, 6.07) is 6.26. The molecule has 0 aliphatic carbocycles. The number of nitrogens with one attached hydrogen (secondary N) is 1. The van der Waals surface area contributed by atoms with Crippen molar-refractivity contribution in [2.75, 3.05) is 18.5 Å². The van der Waals surface area contributed by atoms with Crippen molar-refractivity contribution in [1.82, 2.24) is 19.5 Å². The van der Waals surface area contributed by atoms with Gasteiger partial charge in [0.2, 0.25) is 0 Å². The lowest BCUT2D eigenvalue weighted by Gasteiger charge is -2.18. The number of aromatic nitrogens is 4. The van der Waals surface area contributed by atoms with Gasteiger partial charge in [0, 0.05) is 29.1 Å². The van der Waals surface area contributed by atoms with E-state index >= 15 is 0 Å². The zero-order valence-electron chi connectivity index (χ0n) is 14.9. The number of hydrogen-bond acceptors (Lipinski definition) is 6. The molecule has 0 saturated carbocycles. The topological polar surface area (TPSA) is 85.1 Å². The molecule has 2 aromatic heterocycles. The summed E-state index contributed by atoms with van der Waals surface area (Å²) in [4.78, 5) is 13.7. The predicted octanol–water partition coefficient (Wildman–Crippen LogP) is 3.23. The van der Waals surface area contributed by atoms with Crippen LogP contribution in [0.5, 0.6) is 11.8 Å². The van der Waals surface area contributed by atoms with Gasteiger partial charge < -0.3 is 15.2 Å². The van der Waals surface area contributed by atoms with Gasteiger partial charge in [0.15, 0.2) is 20.8 Å². The van der Waals surface area contributed by atoms with Crippen molar-refractivity contribution in [3.05, 3.63) is 33.2 Å². The Morgan fingerprint density at radius 3 is 2.88 bits per heavy atom. The number of benzene rings is 1. The van der Waals surface area contributed by atoms with Crippen LogP contribution >= 0.6 is 22.6 Å². The third kappa shape index (κ3) is 2.95. The van der Waals surface area contributed by atoms with E-state index in [4.69, 9.17) is 4.74 Å². The maximum atomic E-state index is 9.64. The van der Waals surface area contributed by atoms with Crippen LogP contribution in [-0.4, -0.2) is 37.8 Å². The standard InChI is InChI=1S/C18H20IN5O2/c1-10-8-11(4-5-12(10)25)6-7-20-14-13-15(23-16(19)22-14)24-17(21-13)26-9-18(24,2)3/h4-5,8,25H,6-7,9H2,1-3H3,(H,20,22,23). The fraction of sp³-hybridized carbons (Fsp3) is 0.389. The van der Waals surface area contributed by atoms with E-state index in [1.165, 1.54) is 0 Å². The highest BCUT2D eigenvalue weighted by Gasteiger charge is 2.35. The molecule has 0 bridgehead atoms. The lowest BCUT2D eigenvalue weighted by Crippen LogP contribution is -2.26. The fourth-order valence-corrected chi connectivity index (χ4v) is 3.65. The highest BCUT2D eigenvalue weighted by molar-refractivity contribution is 14.1. The van der Waals surface area contributed by atoms with Crippen LogP contribution in [0, 0.1) is 10.8 Å². The molecule has 0 unspecified atom stereocenters. The molecule has 3 aromatic rings. The van der Waals surface area contributed by atoms with Crippen LogP contribution in [0.25, 0.3) is 11.2 Å². The van der Waals surface area contributed by atoms with Gasteiger partial charge in [-0.1, -0.05) is 12.1 Å². The minimum absolute atomic E-state index is 0.178. The van der Waals surface area contributed by atoms with Crippen molar-refractivity contribution >= 4 is 39.6 Å². The molecule has 0 spiro atoms. The smallest absolute Gasteiger partial charge is 0.299 e. The maximum absolute atomic E-state index is 9.64. The van der Waals surface area contributed by atoms with Crippen LogP contribution in [0.2, 0.25) is 0 Å². The highest BCUT2D eigenvalue weighted by atomic mass is 127.